The first-order valence-electron chi connectivity index (χ1n) is 6.37. The third-order valence-electron chi connectivity index (χ3n) is 3.07. The molecule has 1 N–H and O–H groups in total. The number of phenols is 1. The van der Waals surface area contributed by atoms with Crippen molar-refractivity contribution in [1.82, 2.24) is 0 Å². The lowest BCUT2D eigenvalue weighted by Gasteiger charge is -2.14. The molecule has 3 rings (SSSR count). The van der Waals surface area contributed by atoms with Gasteiger partial charge in [-0.05, 0) is 48.0 Å². The lowest BCUT2D eigenvalue weighted by molar-refractivity contribution is -0.113. The second-order valence-electron chi connectivity index (χ2n) is 4.59. The van der Waals surface area contributed by atoms with Gasteiger partial charge in [0.1, 0.15) is 5.75 Å². The Morgan fingerprint density at radius 2 is 1.73 bits per heavy atom. The van der Waals surface area contributed by atoms with Crippen LogP contribution in [0.3, 0.4) is 0 Å². The molecule has 3 nitrogen and oxygen atoms in total. The van der Waals surface area contributed by atoms with Gasteiger partial charge in [0.15, 0.2) is 4.32 Å². The van der Waals surface area contributed by atoms with E-state index >= 15 is 0 Å². The average molecular weight is 348 g/mol. The molecule has 1 aliphatic rings. The summed E-state index contributed by atoms with van der Waals surface area (Å²) in [6.07, 6.45) is 1.79. The summed E-state index contributed by atoms with van der Waals surface area (Å²) in [7, 11) is 0. The van der Waals surface area contributed by atoms with Crippen molar-refractivity contribution in [2.75, 3.05) is 4.90 Å². The van der Waals surface area contributed by atoms with Crippen LogP contribution in [0.2, 0.25) is 5.02 Å². The van der Waals surface area contributed by atoms with E-state index in [0.29, 0.717) is 19.9 Å². The zero-order chi connectivity index (χ0) is 15.7. The van der Waals surface area contributed by atoms with E-state index in [9.17, 15) is 9.90 Å². The van der Waals surface area contributed by atoms with Crippen LogP contribution in [0.5, 0.6) is 5.75 Å². The number of amides is 1. The van der Waals surface area contributed by atoms with Crippen LogP contribution < -0.4 is 4.90 Å². The number of carbonyl (C=O) groups is 1. The average Bonchev–Trinajstić information content (AvgIpc) is 2.77. The Balaban J connectivity index is 1.91. The molecule has 0 aliphatic carbocycles. The van der Waals surface area contributed by atoms with Crippen molar-refractivity contribution in [3.63, 3.8) is 0 Å². The predicted molar refractivity (Wildman–Crippen MR) is 95.2 cm³/mol. The van der Waals surface area contributed by atoms with E-state index in [1.54, 1.807) is 30.3 Å². The number of benzene rings is 2. The van der Waals surface area contributed by atoms with E-state index < -0.39 is 0 Å². The summed E-state index contributed by atoms with van der Waals surface area (Å²) >= 11 is 12.4. The molecule has 2 aromatic rings. The van der Waals surface area contributed by atoms with Crippen LogP contribution in [0.25, 0.3) is 6.08 Å². The molecule has 0 atom stereocenters. The maximum absolute atomic E-state index is 12.5. The molecule has 0 spiro atoms. The van der Waals surface area contributed by atoms with E-state index in [0.717, 1.165) is 5.56 Å². The van der Waals surface area contributed by atoms with Gasteiger partial charge < -0.3 is 5.11 Å². The molecular weight excluding hydrogens is 338 g/mol. The van der Waals surface area contributed by atoms with E-state index in [-0.39, 0.29) is 11.7 Å². The van der Waals surface area contributed by atoms with E-state index in [4.69, 9.17) is 23.8 Å². The number of rotatable bonds is 2. The van der Waals surface area contributed by atoms with Gasteiger partial charge in [0.2, 0.25) is 0 Å². The molecule has 110 valence electrons. The fourth-order valence-corrected chi connectivity index (χ4v) is 3.43. The SMILES string of the molecule is O=C1/C(=C/c2ccc(Cl)cc2)SC(=S)N1c1ccc(O)cc1. The number of thiocarbonyl (C=S) groups is 1. The Morgan fingerprint density at radius 1 is 1.09 bits per heavy atom. The number of phenolic OH excluding ortho intramolecular Hbond substituents is 1. The number of aromatic hydroxyl groups is 1. The van der Waals surface area contributed by atoms with Crippen LogP contribution in [-0.2, 0) is 4.79 Å². The standard InChI is InChI=1S/C16H10ClNO2S2/c17-11-3-1-10(2-4-11)9-14-15(20)18(16(21)22-14)12-5-7-13(19)8-6-12/h1-9,19H/b14-9-. The Hall–Kier alpha value is -1.82. The summed E-state index contributed by atoms with van der Waals surface area (Å²) in [5, 5.41) is 9.98. The van der Waals surface area contributed by atoms with Crippen molar-refractivity contribution in [3.8, 4) is 5.75 Å². The van der Waals surface area contributed by atoms with Crippen molar-refractivity contribution in [2.45, 2.75) is 0 Å². The van der Waals surface area contributed by atoms with Crippen LogP contribution >= 0.6 is 35.6 Å². The van der Waals surface area contributed by atoms with Crippen molar-refractivity contribution in [1.29, 1.82) is 0 Å². The quantitative estimate of drug-likeness (QED) is 0.643. The monoisotopic (exact) mass is 347 g/mol. The van der Waals surface area contributed by atoms with Gasteiger partial charge in [-0.15, -0.1) is 0 Å². The number of anilines is 1. The van der Waals surface area contributed by atoms with Gasteiger partial charge in [-0.1, -0.05) is 47.7 Å². The summed E-state index contributed by atoms with van der Waals surface area (Å²) in [6.45, 7) is 0. The summed E-state index contributed by atoms with van der Waals surface area (Å²) in [5.41, 5.74) is 1.52. The zero-order valence-corrected chi connectivity index (χ0v) is 13.6. The number of nitrogens with zero attached hydrogens (tertiary/aromatic N) is 1. The number of carbonyl (C=O) groups excluding carboxylic acids is 1. The van der Waals surface area contributed by atoms with Crippen molar-refractivity contribution in [2.24, 2.45) is 0 Å². The number of hydrogen-bond donors (Lipinski definition) is 1. The highest BCUT2D eigenvalue weighted by Gasteiger charge is 2.33. The fraction of sp³-hybridized carbons (Fsp3) is 0. The van der Waals surface area contributed by atoms with Crippen LogP contribution in [0.15, 0.2) is 53.4 Å². The molecular formula is C16H10ClNO2S2. The highest BCUT2D eigenvalue weighted by Crippen LogP contribution is 2.36. The third kappa shape index (κ3) is 3.02. The maximum Gasteiger partial charge on any atom is 0.270 e. The van der Waals surface area contributed by atoms with Gasteiger partial charge in [-0.25, -0.2) is 0 Å². The van der Waals surface area contributed by atoms with Gasteiger partial charge in [-0.2, -0.15) is 0 Å². The Bertz CT molecular complexity index is 770. The first kappa shape index (κ1) is 15.1. The van der Waals surface area contributed by atoms with Crippen molar-refractivity contribution in [3.05, 3.63) is 64.0 Å². The topological polar surface area (TPSA) is 40.5 Å². The molecule has 6 heteroatoms. The highest BCUT2D eigenvalue weighted by atomic mass is 35.5. The summed E-state index contributed by atoms with van der Waals surface area (Å²) < 4.78 is 0.468. The fourth-order valence-electron chi connectivity index (χ4n) is 2.00. The smallest absolute Gasteiger partial charge is 0.270 e. The van der Waals surface area contributed by atoms with Crippen molar-refractivity contribution < 1.29 is 9.90 Å². The molecule has 1 heterocycles. The van der Waals surface area contributed by atoms with Gasteiger partial charge in [0.25, 0.3) is 5.91 Å². The second-order valence-corrected chi connectivity index (χ2v) is 6.70. The van der Waals surface area contributed by atoms with Gasteiger partial charge in [0.05, 0.1) is 10.6 Å². The second kappa shape index (κ2) is 6.12. The number of halogens is 1. The minimum atomic E-state index is -0.171. The highest BCUT2D eigenvalue weighted by molar-refractivity contribution is 8.27. The predicted octanol–water partition coefficient (Wildman–Crippen LogP) is 4.45. The van der Waals surface area contributed by atoms with E-state index in [1.807, 2.05) is 12.1 Å². The van der Waals surface area contributed by atoms with E-state index in [2.05, 4.69) is 0 Å². The third-order valence-corrected chi connectivity index (χ3v) is 4.62. The molecule has 0 saturated carbocycles. The molecule has 0 unspecified atom stereocenters. The van der Waals surface area contributed by atoms with Crippen LogP contribution in [-0.4, -0.2) is 15.3 Å². The molecule has 1 saturated heterocycles. The molecule has 0 radical (unpaired) electrons. The molecule has 2 aromatic carbocycles. The molecule has 0 bridgehead atoms. The summed E-state index contributed by atoms with van der Waals surface area (Å²) in [5.74, 6) is -0.0264. The Morgan fingerprint density at radius 3 is 2.36 bits per heavy atom. The molecule has 22 heavy (non-hydrogen) atoms. The zero-order valence-electron chi connectivity index (χ0n) is 11.2. The minimum absolute atomic E-state index is 0.144. The lowest BCUT2D eigenvalue weighted by Crippen LogP contribution is -2.27. The molecule has 1 aliphatic heterocycles. The van der Waals surface area contributed by atoms with Gasteiger partial charge in [-0.3, -0.25) is 9.69 Å². The maximum atomic E-state index is 12.5. The van der Waals surface area contributed by atoms with Gasteiger partial charge in [0, 0.05) is 5.02 Å². The molecule has 0 aromatic heterocycles. The molecule has 1 amide bonds. The van der Waals surface area contributed by atoms with Crippen molar-refractivity contribution >= 4 is 57.6 Å². The Kier molecular flexibility index (Phi) is 4.20. The first-order valence-corrected chi connectivity index (χ1v) is 7.97. The minimum Gasteiger partial charge on any atom is -0.508 e. The van der Waals surface area contributed by atoms with Crippen LogP contribution in [0.4, 0.5) is 5.69 Å². The summed E-state index contributed by atoms with van der Waals surface area (Å²) in [6, 6.07) is 13.6. The van der Waals surface area contributed by atoms with Crippen LogP contribution in [0.1, 0.15) is 5.56 Å². The largest absolute Gasteiger partial charge is 0.508 e. The Labute approximate surface area is 142 Å². The summed E-state index contributed by atoms with van der Waals surface area (Å²) in [4.78, 5) is 14.5. The van der Waals surface area contributed by atoms with E-state index in [1.165, 1.54) is 28.8 Å². The first-order chi connectivity index (χ1) is 10.5. The van der Waals surface area contributed by atoms with Gasteiger partial charge >= 0.3 is 0 Å². The lowest BCUT2D eigenvalue weighted by atomic mass is 10.2. The number of hydrogen-bond acceptors (Lipinski definition) is 4. The normalized spacial score (nSPS) is 16.6. The van der Waals surface area contributed by atoms with Crippen LogP contribution in [0, 0.1) is 0 Å². The molecule has 1 fully saturated rings. The number of thioether (sulfide) groups is 1.